The minimum Gasteiger partial charge on any atom is -0.295 e. The summed E-state index contributed by atoms with van der Waals surface area (Å²) < 4.78 is 0. The zero-order valence-electron chi connectivity index (χ0n) is 11.6. The Morgan fingerprint density at radius 1 is 1.21 bits per heavy atom. The molecule has 1 aliphatic rings. The average Bonchev–Trinajstić information content (AvgIpc) is 2.42. The van der Waals surface area contributed by atoms with Crippen LogP contribution in [0.25, 0.3) is 0 Å². The van der Waals surface area contributed by atoms with Crippen LogP contribution < -0.4 is 0 Å². The SMILES string of the molecule is CCCC/C1=C/C(=O)C/C=C\C(c2ccccc2)C1. The summed E-state index contributed by atoms with van der Waals surface area (Å²) >= 11 is 0. The van der Waals surface area contributed by atoms with E-state index in [4.69, 9.17) is 0 Å². The van der Waals surface area contributed by atoms with Gasteiger partial charge in [0.25, 0.3) is 0 Å². The minimum absolute atomic E-state index is 0.244. The van der Waals surface area contributed by atoms with Crippen molar-refractivity contribution in [3.05, 3.63) is 59.7 Å². The van der Waals surface area contributed by atoms with E-state index in [-0.39, 0.29) is 5.78 Å². The van der Waals surface area contributed by atoms with E-state index in [1.165, 1.54) is 24.0 Å². The average molecular weight is 254 g/mol. The number of allylic oxidation sites excluding steroid dienone is 4. The van der Waals surface area contributed by atoms with Crippen LogP contribution in [0.5, 0.6) is 0 Å². The van der Waals surface area contributed by atoms with Crippen molar-refractivity contribution in [3.8, 4) is 0 Å². The highest BCUT2D eigenvalue weighted by Gasteiger charge is 2.13. The number of rotatable bonds is 4. The predicted octanol–water partition coefficient (Wildman–Crippen LogP) is 4.81. The first-order chi connectivity index (χ1) is 9.29. The highest BCUT2D eigenvalue weighted by molar-refractivity contribution is 5.91. The fraction of sp³-hybridized carbons (Fsp3) is 0.389. The van der Waals surface area contributed by atoms with E-state index in [9.17, 15) is 4.79 Å². The Balaban J connectivity index is 2.16. The molecule has 2 rings (SSSR count). The summed E-state index contributed by atoms with van der Waals surface area (Å²) in [6.45, 7) is 2.19. The van der Waals surface area contributed by atoms with Gasteiger partial charge in [0.15, 0.2) is 5.78 Å². The lowest BCUT2D eigenvalue weighted by molar-refractivity contribution is -0.113. The summed E-state index contributed by atoms with van der Waals surface area (Å²) in [7, 11) is 0. The Hall–Kier alpha value is -1.63. The zero-order valence-corrected chi connectivity index (χ0v) is 11.6. The van der Waals surface area contributed by atoms with Crippen LogP contribution in [0.2, 0.25) is 0 Å². The number of carbonyl (C=O) groups excluding carboxylic acids is 1. The molecular formula is C18H22O. The molecule has 0 aliphatic heterocycles. The van der Waals surface area contributed by atoms with Gasteiger partial charge in [0.1, 0.15) is 0 Å². The van der Waals surface area contributed by atoms with Crippen LogP contribution in [0.15, 0.2) is 54.1 Å². The van der Waals surface area contributed by atoms with Crippen LogP contribution in [0.3, 0.4) is 0 Å². The molecule has 1 aromatic carbocycles. The lowest BCUT2D eigenvalue weighted by Crippen LogP contribution is -2.04. The molecule has 19 heavy (non-hydrogen) atoms. The van der Waals surface area contributed by atoms with Crippen molar-refractivity contribution >= 4 is 5.78 Å². The van der Waals surface area contributed by atoms with Gasteiger partial charge in [-0.3, -0.25) is 4.79 Å². The number of hydrogen-bond acceptors (Lipinski definition) is 1. The quantitative estimate of drug-likeness (QED) is 0.705. The summed E-state index contributed by atoms with van der Waals surface area (Å²) in [6, 6.07) is 10.6. The number of unbranched alkanes of at least 4 members (excludes halogenated alkanes) is 1. The molecule has 0 fully saturated rings. The number of carbonyl (C=O) groups is 1. The fourth-order valence-electron chi connectivity index (χ4n) is 2.55. The van der Waals surface area contributed by atoms with Crippen molar-refractivity contribution in [2.75, 3.05) is 0 Å². The minimum atomic E-state index is 0.244. The first-order valence-electron chi connectivity index (χ1n) is 7.23. The molecule has 0 radical (unpaired) electrons. The molecule has 0 N–H and O–H groups in total. The fourth-order valence-corrected chi connectivity index (χ4v) is 2.55. The number of ketones is 1. The van der Waals surface area contributed by atoms with Gasteiger partial charge in [-0.25, -0.2) is 0 Å². The van der Waals surface area contributed by atoms with Crippen molar-refractivity contribution < 1.29 is 4.79 Å². The molecule has 0 heterocycles. The van der Waals surface area contributed by atoms with Crippen molar-refractivity contribution in [2.45, 2.75) is 44.9 Å². The van der Waals surface area contributed by atoms with Crippen LogP contribution >= 0.6 is 0 Å². The maximum Gasteiger partial charge on any atom is 0.159 e. The highest BCUT2D eigenvalue weighted by Crippen LogP contribution is 2.29. The molecule has 1 aliphatic carbocycles. The second-order valence-electron chi connectivity index (χ2n) is 5.23. The Morgan fingerprint density at radius 2 is 2.00 bits per heavy atom. The Bertz CT molecular complexity index is 468. The molecule has 1 atom stereocenters. The first-order valence-corrected chi connectivity index (χ1v) is 7.23. The van der Waals surface area contributed by atoms with Gasteiger partial charge >= 0.3 is 0 Å². The summed E-state index contributed by atoms with van der Waals surface area (Å²) in [5, 5.41) is 0. The van der Waals surface area contributed by atoms with E-state index in [0.29, 0.717) is 12.3 Å². The molecule has 1 nitrogen and oxygen atoms in total. The summed E-state index contributed by atoms with van der Waals surface area (Å²) in [6.07, 6.45) is 11.0. The standard InChI is InChI=1S/C18H22O/c1-2-3-8-15-13-17(11-7-12-18(19)14-15)16-9-5-4-6-10-16/h4-7,9-11,14,17H,2-3,8,12-13H2,1H3/b11-7-,15-14-. The van der Waals surface area contributed by atoms with Gasteiger partial charge in [-0.15, -0.1) is 0 Å². The van der Waals surface area contributed by atoms with E-state index in [2.05, 4.69) is 37.3 Å². The monoisotopic (exact) mass is 254 g/mol. The summed E-state index contributed by atoms with van der Waals surface area (Å²) in [5.41, 5.74) is 2.65. The highest BCUT2D eigenvalue weighted by atomic mass is 16.1. The number of benzene rings is 1. The van der Waals surface area contributed by atoms with Gasteiger partial charge in [-0.1, -0.05) is 61.4 Å². The number of hydrogen-bond donors (Lipinski definition) is 0. The van der Waals surface area contributed by atoms with Gasteiger partial charge in [0, 0.05) is 12.3 Å². The molecule has 1 aromatic rings. The Labute approximate surface area is 116 Å². The predicted molar refractivity (Wildman–Crippen MR) is 80.2 cm³/mol. The van der Waals surface area contributed by atoms with E-state index < -0.39 is 0 Å². The van der Waals surface area contributed by atoms with E-state index >= 15 is 0 Å². The lowest BCUT2D eigenvalue weighted by atomic mass is 9.87. The molecule has 1 heteroatoms. The van der Waals surface area contributed by atoms with Crippen molar-refractivity contribution in [1.29, 1.82) is 0 Å². The third kappa shape index (κ3) is 4.20. The Morgan fingerprint density at radius 3 is 2.74 bits per heavy atom. The third-order valence-corrected chi connectivity index (χ3v) is 3.61. The van der Waals surface area contributed by atoms with Crippen molar-refractivity contribution in [2.24, 2.45) is 0 Å². The van der Waals surface area contributed by atoms with Gasteiger partial charge < -0.3 is 0 Å². The molecule has 0 aromatic heterocycles. The molecule has 0 bridgehead atoms. The van der Waals surface area contributed by atoms with Crippen LogP contribution in [0.1, 0.15) is 50.5 Å². The maximum absolute atomic E-state index is 11.7. The van der Waals surface area contributed by atoms with Crippen LogP contribution in [0, 0.1) is 0 Å². The summed E-state index contributed by atoms with van der Waals surface area (Å²) in [4.78, 5) is 11.7. The van der Waals surface area contributed by atoms with Gasteiger partial charge in [-0.2, -0.15) is 0 Å². The van der Waals surface area contributed by atoms with Gasteiger partial charge in [0.05, 0.1) is 0 Å². The van der Waals surface area contributed by atoms with E-state index in [1.54, 1.807) is 0 Å². The smallest absolute Gasteiger partial charge is 0.159 e. The Kier molecular flexibility index (Phi) is 5.14. The molecule has 0 spiro atoms. The maximum atomic E-state index is 11.7. The molecular weight excluding hydrogens is 232 g/mol. The second-order valence-corrected chi connectivity index (χ2v) is 5.23. The topological polar surface area (TPSA) is 17.1 Å². The lowest BCUT2D eigenvalue weighted by Gasteiger charge is -2.17. The molecule has 1 unspecified atom stereocenters. The van der Waals surface area contributed by atoms with Crippen LogP contribution in [-0.2, 0) is 4.79 Å². The van der Waals surface area contributed by atoms with Crippen LogP contribution in [0.4, 0.5) is 0 Å². The second kappa shape index (κ2) is 7.08. The first kappa shape index (κ1) is 13.8. The molecule has 100 valence electrons. The van der Waals surface area contributed by atoms with Crippen molar-refractivity contribution in [1.82, 2.24) is 0 Å². The largest absolute Gasteiger partial charge is 0.295 e. The zero-order chi connectivity index (χ0) is 13.5. The third-order valence-electron chi connectivity index (χ3n) is 3.61. The van der Waals surface area contributed by atoms with Crippen molar-refractivity contribution in [3.63, 3.8) is 0 Å². The van der Waals surface area contributed by atoms with E-state index in [1.807, 2.05) is 18.2 Å². The molecule has 0 saturated carbocycles. The normalized spacial score (nSPS) is 24.2. The van der Waals surface area contributed by atoms with Crippen LogP contribution in [-0.4, -0.2) is 5.78 Å². The summed E-state index contributed by atoms with van der Waals surface area (Å²) in [5.74, 6) is 0.659. The van der Waals surface area contributed by atoms with E-state index in [0.717, 1.165) is 12.8 Å². The van der Waals surface area contributed by atoms with Gasteiger partial charge in [0.2, 0.25) is 0 Å². The molecule has 0 amide bonds. The molecule has 0 saturated heterocycles. The van der Waals surface area contributed by atoms with Gasteiger partial charge in [-0.05, 0) is 30.9 Å².